The highest BCUT2D eigenvalue weighted by molar-refractivity contribution is 14.0. The van der Waals surface area contributed by atoms with Gasteiger partial charge in [0.1, 0.15) is 0 Å². The summed E-state index contributed by atoms with van der Waals surface area (Å²) in [6, 6.07) is 0. The normalized spacial score (nSPS) is 7.00. The van der Waals surface area contributed by atoms with Gasteiger partial charge in [0, 0.05) is 13.1 Å². The van der Waals surface area contributed by atoms with Crippen LogP contribution in [0, 0.1) is 0 Å². The highest BCUT2D eigenvalue weighted by atomic mass is 127. The number of nitrogens with two attached hydrogens (primary N) is 1. The minimum Gasteiger partial charge on any atom is -0.329 e. The third kappa shape index (κ3) is 8.82. The van der Waals surface area contributed by atoms with Gasteiger partial charge < -0.3 is 5.73 Å². The Labute approximate surface area is 53.2 Å². The van der Waals surface area contributed by atoms with Crippen molar-refractivity contribution in [2.75, 3.05) is 13.1 Å². The van der Waals surface area contributed by atoms with Crippen molar-refractivity contribution in [1.29, 1.82) is 0 Å². The smallest absolute Gasteiger partial charge is 0.0382 e. The minimum absolute atomic E-state index is 0. The molecule has 3 N–H and O–H groups in total. The molecule has 0 radical (unpaired) electrons. The number of rotatable bonds is 2. The standard InChI is InChI=1S/C2H7FN2.HI/c3-5-2-1-4;/h5H,1-2,4H2;1H. The lowest BCUT2D eigenvalue weighted by atomic mass is 10.7. The van der Waals surface area contributed by atoms with E-state index in [1.807, 2.05) is 0 Å². The Morgan fingerprint density at radius 3 is 2.17 bits per heavy atom. The lowest BCUT2D eigenvalue weighted by Gasteiger charge is -1.80. The van der Waals surface area contributed by atoms with Crippen LogP contribution in [-0.4, -0.2) is 13.1 Å². The summed E-state index contributed by atoms with van der Waals surface area (Å²) in [6.07, 6.45) is 0. The number of hydrogen-bond donors (Lipinski definition) is 2. The van der Waals surface area contributed by atoms with Crippen molar-refractivity contribution in [3.63, 3.8) is 0 Å². The van der Waals surface area contributed by atoms with Gasteiger partial charge in [-0.25, -0.2) is 0 Å². The minimum atomic E-state index is 0. The van der Waals surface area contributed by atoms with Crippen LogP contribution in [0.25, 0.3) is 0 Å². The molecule has 40 valence electrons. The molecule has 0 heterocycles. The summed E-state index contributed by atoms with van der Waals surface area (Å²) in [7, 11) is 0. The summed E-state index contributed by atoms with van der Waals surface area (Å²) in [4.78, 5) is 0. The van der Waals surface area contributed by atoms with Crippen LogP contribution >= 0.6 is 24.0 Å². The van der Waals surface area contributed by atoms with E-state index in [2.05, 4.69) is 0 Å². The van der Waals surface area contributed by atoms with Gasteiger partial charge in [0.2, 0.25) is 0 Å². The molecule has 0 aromatic heterocycles. The molecule has 0 unspecified atom stereocenters. The SMILES string of the molecule is I.NCCNF. The summed E-state index contributed by atoms with van der Waals surface area (Å²) < 4.78 is 10.7. The van der Waals surface area contributed by atoms with E-state index in [0.29, 0.717) is 6.54 Å². The van der Waals surface area contributed by atoms with Crippen molar-refractivity contribution in [2.24, 2.45) is 5.73 Å². The van der Waals surface area contributed by atoms with E-state index in [1.54, 1.807) is 0 Å². The van der Waals surface area contributed by atoms with E-state index in [9.17, 15) is 4.48 Å². The topological polar surface area (TPSA) is 38.0 Å². The van der Waals surface area contributed by atoms with Crippen molar-refractivity contribution in [3.8, 4) is 0 Å². The molecular weight excluding hydrogens is 198 g/mol. The lowest BCUT2D eigenvalue weighted by Crippen LogP contribution is -2.13. The maximum absolute atomic E-state index is 10.7. The van der Waals surface area contributed by atoms with Crippen LogP contribution in [0.1, 0.15) is 0 Å². The molecule has 2 nitrogen and oxygen atoms in total. The first kappa shape index (κ1) is 9.77. The molecular formula is C2H8FIN2. The van der Waals surface area contributed by atoms with E-state index in [0.717, 1.165) is 0 Å². The molecule has 0 aromatic carbocycles. The maximum Gasteiger partial charge on any atom is 0.0382 e. The average Bonchev–Trinajstić information content (AvgIpc) is 1.41. The fourth-order valence-electron chi connectivity index (χ4n) is 0.0546. The summed E-state index contributed by atoms with van der Waals surface area (Å²) >= 11 is 0. The van der Waals surface area contributed by atoms with Crippen LogP contribution in [0.5, 0.6) is 0 Å². The Hall–Kier alpha value is 0.580. The Balaban J connectivity index is 0. The van der Waals surface area contributed by atoms with Crippen molar-refractivity contribution in [2.45, 2.75) is 0 Å². The lowest BCUT2D eigenvalue weighted by molar-refractivity contribution is 0.341. The summed E-state index contributed by atoms with van der Waals surface area (Å²) in [6.45, 7) is 0.608. The van der Waals surface area contributed by atoms with Crippen molar-refractivity contribution >= 4 is 24.0 Å². The van der Waals surface area contributed by atoms with Gasteiger partial charge in [-0.1, -0.05) is 0 Å². The van der Waals surface area contributed by atoms with Crippen molar-refractivity contribution in [1.82, 2.24) is 5.54 Å². The fraction of sp³-hybridized carbons (Fsp3) is 1.00. The van der Waals surface area contributed by atoms with Gasteiger partial charge in [0.05, 0.1) is 0 Å². The maximum atomic E-state index is 10.7. The molecule has 0 aromatic rings. The van der Waals surface area contributed by atoms with Gasteiger partial charge in [-0.2, -0.15) is 5.54 Å². The zero-order chi connectivity index (χ0) is 4.12. The molecule has 0 saturated carbocycles. The van der Waals surface area contributed by atoms with Gasteiger partial charge in [0.15, 0.2) is 0 Å². The largest absolute Gasteiger partial charge is 0.329 e. The molecule has 0 aliphatic carbocycles. The van der Waals surface area contributed by atoms with Crippen molar-refractivity contribution < 1.29 is 4.48 Å². The second kappa shape index (κ2) is 9.13. The van der Waals surface area contributed by atoms with Crippen LogP contribution in [0.3, 0.4) is 0 Å². The number of halogens is 2. The van der Waals surface area contributed by atoms with Gasteiger partial charge in [-0.3, -0.25) is 0 Å². The zero-order valence-corrected chi connectivity index (χ0v) is 5.61. The van der Waals surface area contributed by atoms with E-state index < -0.39 is 0 Å². The molecule has 0 fully saturated rings. The Bertz CT molecular complexity index is 19.0. The van der Waals surface area contributed by atoms with Gasteiger partial charge in [-0.05, 0) is 0 Å². The average molecular weight is 206 g/mol. The molecule has 0 saturated heterocycles. The second-order valence-electron chi connectivity index (χ2n) is 0.672. The molecule has 0 spiro atoms. The zero-order valence-electron chi connectivity index (χ0n) is 3.28. The van der Waals surface area contributed by atoms with Crippen LogP contribution in [0.4, 0.5) is 4.48 Å². The first-order chi connectivity index (χ1) is 2.41. The van der Waals surface area contributed by atoms with Gasteiger partial charge in [-0.15, -0.1) is 28.5 Å². The predicted octanol–water partition coefficient (Wildman–Crippen LogP) is 0.0372. The highest BCUT2D eigenvalue weighted by Crippen LogP contribution is 1.45. The third-order valence-electron chi connectivity index (χ3n) is 0.239. The Morgan fingerprint density at radius 1 is 1.67 bits per heavy atom. The molecule has 4 heteroatoms. The van der Waals surface area contributed by atoms with Crippen molar-refractivity contribution in [3.05, 3.63) is 0 Å². The van der Waals surface area contributed by atoms with E-state index in [4.69, 9.17) is 5.73 Å². The highest BCUT2D eigenvalue weighted by Gasteiger charge is 1.68. The van der Waals surface area contributed by atoms with Crippen LogP contribution in [0.15, 0.2) is 0 Å². The molecule has 0 rings (SSSR count). The third-order valence-corrected chi connectivity index (χ3v) is 0.239. The molecule has 0 aliphatic rings. The van der Waals surface area contributed by atoms with Gasteiger partial charge in [0.25, 0.3) is 0 Å². The number of hydrogen-bond acceptors (Lipinski definition) is 2. The predicted molar refractivity (Wildman–Crippen MR) is 33.6 cm³/mol. The molecule has 6 heavy (non-hydrogen) atoms. The van der Waals surface area contributed by atoms with Gasteiger partial charge >= 0.3 is 0 Å². The molecule has 0 atom stereocenters. The summed E-state index contributed by atoms with van der Waals surface area (Å²) in [5.74, 6) is 0. The van der Waals surface area contributed by atoms with E-state index in [1.165, 1.54) is 5.54 Å². The molecule has 0 bridgehead atoms. The Morgan fingerprint density at radius 2 is 2.17 bits per heavy atom. The monoisotopic (exact) mass is 206 g/mol. The van der Waals surface area contributed by atoms with E-state index >= 15 is 0 Å². The first-order valence-electron chi connectivity index (χ1n) is 1.45. The van der Waals surface area contributed by atoms with Crippen LogP contribution < -0.4 is 11.3 Å². The molecule has 0 aliphatic heterocycles. The number of nitrogens with one attached hydrogen (secondary N) is 1. The van der Waals surface area contributed by atoms with Crippen LogP contribution in [-0.2, 0) is 0 Å². The van der Waals surface area contributed by atoms with E-state index in [-0.39, 0.29) is 30.5 Å². The summed E-state index contributed by atoms with van der Waals surface area (Å²) in [5.41, 5.74) is 6.23. The molecule has 0 amide bonds. The Kier molecular flexibility index (Phi) is 14.9. The van der Waals surface area contributed by atoms with Crippen LogP contribution in [0.2, 0.25) is 0 Å². The fourth-order valence-corrected chi connectivity index (χ4v) is 0.0546. The first-order valence-corrected chi connectivity index (χ1v) is 1.45. The summed E-state index contributed by atoms with van der Waals surface area (Å²) in [5, 5.41) is 0. The second-order valence-corrected chi connectivity index (χ2v) is 0.672. The quantitative estimate of drug-likeness (QED) is 0.494.